The first kappa shape index (κ1) is 17.1. The predicted octanol–water partition coefficient (Wildman–Crippen LogP) is 2.42. The van der Waals surface area contributed by atoms with Crippen molar-refractivity contribution < 1.29 is 18.3 Å². The Kier molecular flexibility index (Phi) is 4.27. The Morgan fingerprint density at radius 1 is 1.12 bits per heavy atom. The van der Waals surface area contributed by atoms with E-state index in [0.717, 1.165) is 4.47 Å². The van der Waals surface area contributed by atoms with Crippen LogP contribution in [0.15, 0.2) is 64.0 Å². The van der Waals surface area contributed by atoms with Crippen molar-refractivity contribution in [3.05, 3.63) is 64.6 Å². The van der Waals surface area contributed by atoms with Crippen LogP contribution in [0.5, 0.6) is 0 Å². The minimum absolute atomic E-state index is 0.119. The van der Waals surface area contributed by atoms with Gasteiger partial charge in [0.05, 0.1) is 10.1 Å². The summed E-state index contributed by atoms with van der Waals surface area (Å²) in [6.45, 7) is -0.236. The Morgan fingerprint density at radius 3 is 2.21 bits per heavy atom. The quantitative estimate of drug-likeness (QED) is 0.789. The van der Waals surface area contributed by atoms with Gasteiger partial charge in [0.2, 0.25) is 0 Å². The number of carboxylic acid groups (broad SMARTS) is 1. The van der Waals surface area contributed by atoms with Crippen LogP contribution in [0.3, 0.4) is 0 Å². The molecule has 3 rings (SSSR count). The van der Waals surface area contributed by atoms with Gasteiger partial charge in [-0.25, -0.2) is 8.42 Å². The van der Waals surface area contributed by atoms with E-state index in [1.165, 1.54) is 12.1 Å². The molecule has 1 fully saturated rings. The van der Waals surface area contributed by atoms with Crippen LogP contribution < -0.4 is 5.73 Å². The number of halogens is 1. The van der Waals surface area contributed by atoms with Gasteiger partial charge in [0.1, 0.15) is 5.41 Å². The molecule has 1 aliphatic carbocycles. The molecule has 1 saturated carbocycles. The van der Waals surface area contributed by atoms with Crippen LogP contribution in [0.2, 0.25) is 0 Å². The second-order valence-electron chi connectivity index (χ2n) is 5.86. The van der Waals surface area contributed by atoms with E-state index in [1.54, 1.807) is 42.5 Å². The normalized spacial score (nSPS) is 26.1. The summed E-state index contributed by atoms with van der Waals surface area (Å²) < 4.78 is 26.8. The molecule has 0 radical (unpaired) electrons. The van der Waals surface area contributed by atoms with Gasteiger partial charge in [-0.1, -0.05) is 46.3 Å². The predicted molar refractivity (Wildman–Crippen MR) is 93.4 cm³/mol. The van der Waals surface area contributed by atoms with Crippen molar-refractivity contribution in [2.75, 3.05) is 6.54 Å². The molecule has 3 N–H and O–H groups in total. The maximum absolute atomic E-state index is 13.0. The number of carboxylic acids is 1. The summed E-state index contributed by atoms with van der Waals surface area (Å²) in [5, 5.41) is 8.64. The van der Waals surface area contributed by atoms with Crippen molar-refractivity contribution in [3.8, 4) is 0 Å². The Balaban J connectivity index is 2.11. The molecule has 2 aromatic carbocycles. The van der Waals surface area contributed by atoms with Crippen LogP contribution in [0.25, 0.3) is 0 Å². The Morgan fingerprint density at radius 2 is 1.71 bits per heavy atom. The number of rotatable bonds is 5. The third kappa shape index (κ3) is 2.47. The molecule has 0 spiro atoms. The Hall–Kier alpha value is -1.70. The summed E-state index contributed by atoms with van der Waals surface area (Å²) in [6.07, 6.45) is 0. The lowest BCUT2D eigenvalue weighted by Gasteiger charge is -2.10. The summed E-state index contributed by atoms with van der Waals surface area (Å²) in [5.41, 5.74) is 4.90. The fourth-order valence-electron chi connectivity index (χ4n) is 3.35. The van der Waals surface area contributed by atoms with Crippen LogP contribution in [-0.2, 0) is 14.6 Å². The zero-order valence-electron chi connectivity index (χ0n) is 12.6. The maximum atomic E-state index is 13.0. The van der Waals surface area contributed by atoms with Crippen molar-refractivity contribution in [2.24, 2.45) is 11.1 Å². The number of carbonyl (C=O) groups is 1. The van der Waals surface area contributed by atoms with Crippen molar-refractivity contribution >= 4 is 31.7 Å². The minimum atomic E-state index is -3.81. The van der Waals surface area contributed by atoms with Crippen LogP contribution in [0, 0.1) is 5.41 Å². The minimum Gasteiger partial charge on any atom is -0.481 e. The van der Waals surface area contributed by atoms with E-state index in [-0.39, 0.29) is 11.4 Å². The molecule has 0 aromatic heterocycles. The third-order valence-electron chi connectivity index (χ3n) is 4.63. The van der Waals surface area contributed by atoms with E-state index in [4.69, 9.17) is 5.73 Å². The molecule has 0 unspecified atom stereocenters. The van der Waals surface area contributed by atoms with Crippen molar-refractivity contribution in [2.45, 2.75) is 16.1 Å². The van der Waals surface area contributed by atoms with Gasteiger partial charge in [0.25, 0.3) is 0 Å². The fourth-order valence-corrected chi connectivity index (χ4v) is 6.02. The molecule has 3 atom stereocenters. The van der Waals surface area contributed by atoms with Crippen molar-refractivity contribution in [1.29, 1.82) is 0 Å². The number of aliphatic carboxylic acids is 1. The molecule has 0 amide bonds. The average Bonchev–Trinajstić information content (AvgIpc) is 3.28. The van der Waals surface area contributed by atoms with Gasteiger partial charge in [0.15, 0.2) is 9.84 Å². The Labute approximate surface area is 148 Å². The van der Waals surface area contributed by atoms with Crippen molar-refractivity contribution in [1.82, 2.24) is 0 Å². The number of hydrogen-bond acceptors (Lipinski definition) is 4. The molecule has 0 saturated heterocycles. The number of sulfone groups is 1. The largest absolute Gasteiger partial charge is 0.481 e. The molecule has 0 aliphatic heterocycles. The second kappa shape index (κ2) is 5.98. The lowest BCUT2D eigenvalue weighted by atomic mass is 9.99. The number of benzene rings is 2. The first-order chi connectivity index (χ1) is 11.4. The average molecular weight is 410 g/mol. The van der Waals surface area contributed by atoms with E-state index in [1.807, 2.05) is 0 Å². The smallest absolute Gasteiger partial charge is 0.312 e. The van der Waals surface area contributed by atoms with E-state index in [2.05, 4.69) is 15.9 Å². The van der Waals surface area contributed by atoms with E-state index < -0.39 is 32.4 Å². The summed E-state index contributed by atoms with van der Waals surface area (Å²) >= 11 is 3.32. The van der Waals surface area contributed by atoms with E-state index >= 15 is 0 Å². The number of hydrogen-bond donors (Lipinski definition) is 2. The molecule has 2 aromatic rings. The zero-order valence-corrected chi connectivity index (χ0v) is 15.0. The summed E-state index contributed by atoms with van der Waals surface area (Å²) in [7, 11) is -3.81. The molecule has 126 valence electrons. The fraction of sp³-hybridized carbons (Fsp3) is 0.235. The van der Waals surface area contributed by atoms with Gasteiger partial charge >= 0.3 is 5.97 Å². The summed E-state index contributed by atoms with van der Waals surface area (Å²) in [5.74, 6) is -1.85. The zero-order chi connectivity index (χ0) is 17.5. The highest BCUT2D eigenvalue weighted by molar-refractivity contribution is 9.10. The van der Waals surface area contributed by atoms with Gasteiger partial charge in [-0.2, -0.15) is 0 Å². The van der Waals surface area contributed by atoms with Gasteiger partial charge in [-0.3, -0.25) is 4.79 Å². The first-order valence-corrected chi connectivity index (χ1v) is 9.67. The lowest BCUT2D eigenvalue weighted by Crippen LogP contribution is -2.31. The van der Waals surface area contributed by atoms with E-state index in [0.29, 0.717) is 5.56 Å². The first-order valence-electron chi connectivity index (χ1n) is 7.33. The lowest BCUT2D eigenvalue weighted by molar-refractivity contribution is -0.143. The van der Waals surface area contributed by atoms with E-state index in [9.17, 15) is 18.3 Å². The summed E-state index contributed by atoms with van der Waals surface area (Å²) in [6, 6.07) is 14.9. The molecule has 24 heavy (non-hydrogen) atoms. The highest BCUT2D eigenvalue weighted by Crippen LogP contribution is 2.63. The molecule has 7 heteroatoms. The highest BCUT2D eigenvalue weighted by atomic mass is 79.9. The van der Waals surface area contributed by atoms with Gasteiger partial charge < -0.3 is 10.8 Å². The maximum Gasteiger partial charge on any atom is 0.312 e. The van der Waals surface area contributed by atoms with Crippen molar-refractivity contribution in [3.63, 3.8) is 0 Å². The summed E-state index contributed by atoms with van der Waals surface area (Å²) in [4.78, 5) is 12.0. The molecular formula is C17H16BrNO4S. The van der Waals surface area contributed by atoms with Crippen LogP contribution >= 0.6 is 15.9 Å². The van der Waals surface area contributed by atoms with Gasteiger partial charge in [-0.15, -0.1) is 0 Å². The molecule has 1 aliphatic rings. The SMILES string of the molecule is NC[C@@]1(C(=O)O)[C@H](S(=O)(=O)c2ccccc2)[C@@H]1c1ccc(Br)cc1. The molecule has 0 bridgehead atoms. The second-order valence-corrected chi connectivity index (χ2v) is 8.84. The topological polar surface area (TPSA) is 97.5 Å². The van der Waals surface area contributed by atoms with Crippen LogP contribution in [0.4, 0.5) is 0 Å². The monoisotopic (exact) mass is 409 g/mol. The van der Waals surface area contributed by atoms with Crippen LogP contribution in [-0.4, -0.2) is 31.3 Å². The standard InChI is InChI=1S/C17H16BrNO4S/c18-12-8-6-11(7-9-12)14-15(17(14,10-19)16(20)21)24(22,23)13-4-2-1-3-5-13/h1-9,14-15H,10,19H2,(H,20,21)/t14-,15+,17-/m0/s1. The molecule has 5 nitrogen and oxygen atoms in total. The third-order valence-corrected chi connectivity index (χ3v) is 7.45. The van der Waals surface area contributed by atoms with Gasteiger partial charge in [0, 0.05) is 16.9 Å². The Bertz CT molecular complexity index is 867. The molecular weight excluding hydrogens is 394 g/mol. The highest BCUT2D eigenvalue weighted by Gasteiger charge is 2.75. The van der Waals surface area contributed by atoms with Crippen LogP contribution in [0.1, 0.15) is 11.5 Å². The number of nitrogens with two attached hydrogens (primary N) is 1. The molecule has 0 heterocycles. The van der Waals surface area contributed by atoms with Gasteiger partial charge in [-0.05, 0) is 29.8 Å².